The van der Waals surface area contributed by atoms with Crippen LogP contribution in [0.15, 0.2) is 18.2 Å². The Bertz CT molecular complexity index is 534. The normalized spacial score (nSPS) is 20.8. The number of fused-ring (bicyclic) bond motifs is 1. The highest BCUT2D eigenvalue weighted by atomic mass is 32.2. The van der Waals surface area contributed by atoms with Crippen LogP contribution in [0.3, 0.4) is 0 Å². The molecule has 1 aromatic carbocycles. The summed E-state index contributed by atoms with van der Waals surface area (Å²) >= 11 is 0. The molecule has 1 aliphatic carbocycles. The van der Waals surface area contributed by atoms with Gasteiger partial charge in [0.2, 0.25) is 0 Å². The summed E-state index contributed by atoms with van der Waals surface area (Å²) in [5, 5.41) is 0. The molecule has 0 aliphatic heterocycles. The minimum Gasteiger partial charge on any atom is -0.242 e. The van der Waals surface area contributed by atoms with Gasteiger partial charge in [-0.05, 0) is 56.9 Å². The van der Waals surface area contributed by atoms with E-state index in [1.54, 1.807) is 0 Å². The van der Waals surface area contributed by atoms with Crippen LogP contribution >= 0.6 is 0 Å². The van der Waals surface area contributed by atoms with Crippen LogP contribution in [-0.2, 0) is 23.6 Å². The van der Waals surface area contributed by atoms with Crippen molar-refractivity contribution in [2.24, 2.45) is 0 Å². The predicted molar refractivity (Wildman–Crippen MR) is 73.5 cm³/mol. The average molecular weight is 305 g/mol. The second-order valence-electron chi connectivity index (χ2n) is 6.00. The van der Waals surface area contributed by atoms with Gasteiger partial charge in [0.15, 0.2) is 0 Å². The first-order valence-corrected chi connectivity index (χ1v) is 7.62. The minimum absolute atomic E-state index is 0.271. The first kappa shape index (κ1) is 15.5. The molecule has 0 saturated carbocycles. The van der Waals surface area contributed by atoms with Gasteiger partial charge in [0.25, 0.3) is 0 Å². The lowest BCUT2D eigenvalue weighted by molar-refractivity contribution is -0.137. The van der Waals surface area contributed by atoms with Gasteiger partial charge in [0.05, 0.1) is 21.3 Å². The highest BCUT2D eigenvalue weighted by Gasteiger charge is 2.34. The Morgan fingerprint density at radius 3 is 2.45 bits per heavy atom. The first-order valence-electron chi connectivity index (χ1n) is 6.47. The fourth-order valence-corrected chi connectivity index (χ4v) is 3.06. The van der Waals surface area contributed by atoms with Crippen LogP contribution in [0.25, 0.3) is 0 Å². The summed E-state index contributed by atoms with van der Waals surface area (Å²) < 4.78 is 52.9. The van der Waals surface area contributed by atoms with E-state index in [2.05, 4.69) is 4.72 Å². The molecular weight excluding hydrogens is 287 g/mol. The molecule has 0 heterocycles. The van der Waals surface area contributed by atoms with Gasteiger partial charge in [-0.25, -0.2) is 8.93 Å². The van der Waals surface area contributed by atoms with Crippen LogP contribution in [0.5, 0.6) is 0 Å². The maximum Gasteiger partial charge on any atom is 0.416 e. The van der Waals surface area contributed by atoms with Crippen molar-refractivity contribution in [1.82, 2.24) is 4.72 Å². The molecule has 2 atom stereocenters. The topological polar surface area (TPSA) is 29.1 Å². The van der Waals surface area contributed by atoms with Gasteiger partial charge in [0, 0.05) is 6.04 Å². The van der Waals surface area contributed by atoms with E-state index < -0.39 is 27.5 Å². The Morgan fingerprint density at radius 2 is 1.90 bits per heavy atom. The zero-order valence-corrected chi connectivity index (χ0v) is 12.5. The Hall–Kier alpha value is -0.880. The zero-order chi connectivity index (χ0) is 15.1. The van der Waals surface area contributed by atoms with Crippen molar-refractivity contribution in [2.75, 3.05) is 0 Å². The number of benzene rings is 1. The SMILES string of the molecule is CC(C)(C)[S@@](=O)NC1CCc2ccc(C(F)(F)F)cc21. The van der Waals surface area contributed by atoms with Crippen LogP contribution in [0.4, 0.5) is 13.2 Å². The maximum absolute atomic E-state index is 12.8. The Morgan fingerprint density at radius 1 is 1.25 bits per heavy atom. The molecule has 0 bridgehead atoms. The van der Waals surface area contributed by atoms with Crippen LogP contribution in [0.1, 0.15) is 49.9 Å². The smallest absolute Gasteiger partial charge is 0.242 e. The van der Waals surface area contributed by atoms with Crippen LogP contribution < -0.4 is 4.72 Å². The number of halogens is 3. The molecule has 0 saturated heterocycles. The van der Waals surface area contributed by atoms with Crippen molar-refractivity contribution >= 4 is 11.0 Å². The van der Waals surface area contributed by atoms with E-state index in [1.807, 2.05) is 20.8 Å². The Kier molecular flexibility index (Phi) is 3.99. The number of aryl methyl sites for hydroxylation is 1. The monoisotopic (exact) mass is 305 g/mol. The fourth-order valence-electron chi connectivity index (χ4n) is 2.21. The summed E-state index contributed by atoms with van der Waals surface area (Å²) in [5.74, 6) is 0. The second-order valence-corrected chi connectivity index (χ2v) is 8.00. The molecule has 2 rings (SSSR count). The highest BCUT2D eigenvalue weighted by Crippen LogP contribution is 2.37. The molecule has 20 heavy (non-hydrogen) atoms. The lowest BCUT2D eigenvalue weighted by atomic mass is 10.0. The number of alkyl halides is 3. The summed E-state index contributed by atoms with van der Waals surface area (Å²) in [4.78, 5) is 0. The number of hydrogen-bond donors (Lipinski definition) is 1. The third-order valence-electron chi connectivity index (χ3n) is 3.36. The molecule has 1 N–H and O–H groups in total. The minimum atomic E-state index is -4.34. The van der Waals surface area contributed by atoms with Gasteiger partial charge in [-0.2, -0.15) is 13.2 Å². The lowest BCUT2D eigenvalue weighted by Crippen LogP contribution is -2.35. The van der Waals surface area contributed by atoms with Gasteiger partial charge >= 0.3 is 6.18 Å². The van der Waals surface area contributed by atoms with Crippen molar-refractivity contribution in [1.29, 1.82) is 0 Å². The summed E-state index contributed by atoms with van der Waals surface area (Å²) in [6, 6.07) is 3.55. The molecule has 6 heteroatoms. The average Bonchev–Trinajstić information content (AvgIpc) is 2.69. The maximum atomic E-state index is 12.8. The molecule has 2 nitrogen and oxygen atoms in total. The first-order chi connectivity index (χ1) is 9.09. The number of nitrogens with one attached hydrogen (secondary N) is 1. The molecule has 0 amide bonds. The molecule has 1 aliphatic rings. The summed E-state index contributed by atoms with van der Waals surface area (Å²) in [5.41, 5.74) is 0.880. The van der Waals surface area contributed by atoms with E-state index in [0.717, 1.165) is 11.6 Å². The van der Waals surface area contributed by atoms with Crippen LogP contribution in [0, 0.1) is 0 Å². The zero-order valence-electron chi connectivity index (χ0n) is 11.7. The predicted octanol–water partition coefficient (Wildman–Crippen LogP) is 3.74. The van der Waals surface area contributed by atoms with Gasteiger partial charge in [-0.15, -0.1) is 0 Å². The molecular formula is C14H18F3NOS. The highest BCUT2D eigenvalue weighted by molar-refractivity contribution is 7.84. The number of hydrogen-bond acceptors (Lipinski definition) is 1. The van der Waals surface area contributed by atoms with E-state index in [0.29, 0.717) is 18.4 Å². The molecule has 1 unspecified atom stereocenters. The van der Waals surface area contributed by atoms with Crippen LogP contribution in [-0.4, -0.2) is 8.96 Å². The summed E-state index contributed by atoms with van der Waals surface area (Å²) in [7, 11) is -1.29. The van der Waals surface area contributed by atoms with E-state index in [4.69, 9.17) is 0 Å². The second kappa shape index (κ2) is 5.15. The van der Waals surface area contributed by atoms with Crippen molar-refractivity contribution in [3.05, 3.63) is 34.9 Å². The molecule has 0 aromatic heterocycles. The molecule has 0 fully saturated rings. The molecule has 112 valence electrons. The fraction of sp³-hybridized carbons (Fsp3) is 0.571. The van der Waals surface area contributed by atoms with Crippen molar-refractivity contribution < 1.29 is 17.4 Å². The summed E-state index contributed by atoms with van der Waals surface area (Å²) in [6.45, 7) is 5.49. The molecule has 0 spiro atoms. The molecule has 1 aromatic rings. The third kappa shape index (κ3) is 3.23. The summed E-state index contributed by atoms with van der Waals surface area (Å²) in [6.07, 6.45) is -2.95. The van der Waals surface area contributed by atoms with E-state index >= 15 is 0 Å². The number of rotatable bonds is 2. The third-order valence-corrected chi connectivity index (χ3v) is 4.97. The quantitative estimate of drug-likeness (QED) is 0.886. The van der Waals surface area contributed by atoms with Crippen LogP contribution in [0.2, 0.25) is 0 Å². The van der Waals surface area contributed by atoms with Gasteiger partial charge in [-0.3, -0.25) is 0 Å². The Balaban J connectivity index is 2.26. The van der Waals surface area contributed by atoms with E-state index in [-0.39, 0.29) is 6.04 Å². The van der Waals surface area contributed by atoms with Crippen molar-refractivity contribution in [3.63, 3.8) is 0 Å². The van der Waals surface area contributed by atoms with Crippen molar-refractivity contribution in [3.8, 4) is 0 Å². The molecule has 0 radical (unpaired) electrons. The standard InChI is InChI=1S/C14H18F3NOS/c1-13(2,3)20(19)18-12-7-5-9-4-6-10(8-11(9)12)14(15,16)17/h4,6,8,12,18H,5,7H2,1-3H3/t12?,20-/m1/s1. The van der Waals surface area contributed by atoms with Crippen molar-refractivity contribution in [2.45, 2.75) is 50.6 Å². The van der Waals surface area contributed by atoms with E-state index in [1.165, 1.54) is 12.1 Å². The van der Waals surface area contributed by atoms with Gasteiger partial charge in [-0.1, -0.05) is 6.07 Å². The largest absolute Gasteiger partial charge is 0.416 e. The van der Waals surface area contributed by atoms with Gasteiger partial charge in [0.1, 0.15) is 0 Å². The Labute approximate surface area is 119 Å². The van der Waals surface area contributed by atoms with E-state index in [9.17, 15) is 17.4 Å². The van der Waals surface area contributed by atoms with Gasteiger partial charge < -0.3 is 0 Å². The lowest BCUT2D eigenvalue weighted by Gasteiger charge is -2.22.